The van der Waals surface area contributed by atoms with Crippen molar-refractivity contribution in [3.05, 3.63) is 184 Å². The molecule has 0 fully saturated rings. The first-order valence-electron chi connectivity index (χ1n) is 28.9. The summed E-state index contributed by atoms with van der Waals surface area (Å²) < 4.78 is 56.6. The van der Waals surface area contributed by atoms with Gasteiger partial charge in [-0.2, -0.15) is 15.3 Å². The van der Waals surface area contributed by atoms with Crippen LogP contribution in [0.1, 0.15) is 66.8 Å². The van der Waals surface area contributed by atoms with Crippen molar-refractivity contribution in [2.24, 2.45) is 21.1 Å². The molecule has 0 aliphatic carbocycles. The Morgan fingerprint density at radius 1 is 0.551 bits per heavy atom. The second-order valence-corrected chi connectivity index (χ2v) is 21.9. The van der Waals surface area contributed by atoms with Gasteiger partial charge in [-0.15, -0.1) is 0 Å². The van der Waals surface area contributed by atoms with Gasteiger partial charge in [0.05, 0.1) is 81.7 Å². The summed E-state index contributed by atoms with van der Waals surface area (Å²) in [7, 11) is 7.23. The first-order valence-corrected chi connectivity index (χ1v) is 28.9. The number of nitrogens with zero attached hydrogens (tertiary/aromatic N) is 15. The summed E-state index contributed by atoms with van der Waals surface area (Å²) in [5, 5.41) is 26.5. The van der Waals surface area contributed by atoms with Gasteiger partial charge in [0.15, 0.2) is 16.9 Å². The van der Waals surface area contributed by atoms with E-state index in [9.17, 15) is 13.6 Å². The molecule has 10 aromatic heterocycles. The Hall–Kier alpha value is -11.0. The molecule has 23 nitrogen and oxygen atoms in total. The molecule has 0 radical (unpaired) electrons. The lowest BCUT2D eigenvalue weighted by atomic mass is 10.0. The Morgan fingerprint density at radius 2 is 1.03 bits per heavy atom. The van der Waals surface area contributed by atoms with Crippen LogP contribution in [0.4, 0.5) is 26.6 Å². The molecule has 25 heteroatoms. The van der Waals surface area contributed by atoms with E-state index in [-0.39, 0.29) is 36.3 Å². The van der Waals surface area contributed by atoms with Crippen LogP contribution in [0.2, 0.25) is 0 Å². The summed E-state index contributed by atoms with van der Waals surface area (Å²) in [5.41, 5.74) is 17.5. The maximum Gasteiger partial charge on any atom is 0.271 e. The molecule has 0 spiro atoms. The lowest BCUT2D eigenvalue weighted by Gasteiger charge is -2.13. The highest BCUT2D eigenvalue weighted by atomic mass is 19.1. The molecule has 452 valence electrons. The summed E-state index contributed by atoms with van der Waals surface area (Å²) in [4.78, 5) is 40.0. The van der Waals surface area contributed by atoms with Gasteiger partial charge in [0.2, 0.25) is 17.8 Å². The molecule has 0 saturated carbocycles. The molecule has 2 aliphatic heterocycles. The van der Waals surface area contributed by atoms with Crippen LogP contribution in [0.5, 0.6) is 11.5 Å². The van der Waals surface area contributed by atoms with Crippen LogP contribution < -0.4 is 30.7 Å². The van der Waals surface area contributed by atoms with Crippen LogP contribution >= 0.6 is 0 Å². The number of aryl methyl sites for hydroxylation is 8. The fraction of sp³-hybridized carbons (Fsp3) is 0.250. The van der Waals surface area contributed by atoms with Crippen molar-refractivity contribution in [3.8, 4) is 45.3 Å². The van der Waals surface area contributed by atoms with Gasteiger partial charge in [0, 0.05) is 125 Å². The quantitative estimate of drug-likeness (QED) is 0.0839. The number of hydrogen-bond acceptors (Lipinski definition) is 16. The molecule has 13 aromatic rings. The van der Waals surface area contributed by atoms with E-state index in [1.165, 1.54) is 23.3 Å². The Kier molecular flexibility index (Phi) is 15.0. The van der Waals surface area contributed by atoms with Crippen molar-refractivity contribution in [3.63, 3.8) is 0 Å². The topological polar surface area (TPSA) is 241 Å². The van der Waals surface area contributed by atoms with Crippen molar-refractivity contribution < 1.29 is 27.5 Å². The van der Waals surface area contributed by atoms with Crippen molar-refractivity contribution in [1.82, 2.24) is 77.8 Å². The van der Waals surface area contributed by atoms with Crippen LogP contribution in [-0.4, -0.2) is 98.6 Å². The maximum absolute atomic E-state index is 14.6. The van der Waals surface area contributed by atoms with Gasteiger partial charge < -0.3 is 35.2 Å². The van der Waals surface area contributed by atoms with Crippen LogP contribution in [0, 0.1) is 46.3 Å². The maximum atomic E-state index is 14.6. The van der Waals surface area contributed by atoms with Crippen LogP contribution in [0.3, 0.4) is 0 Å². The SMILES string of the molecule is CNC(=O)c1cn2c(NCc3c(F)ccc4c3CCO4)ncc(-c3cc(C)nn3C)c2n1.Cc1cn2c(NCc3c(F)ccc4occc34)ncc(-c3cc(C)nn3C)c2n1.Cc1cn2c(NCc3cccc4c3CCO4)ncc(-c3cc(C)nn3C)c2n1. The molecule has 0 bridgehead atoms. The molecule has 4 N–H and O–H groups in total. The minimum absolute atomic E-state index is 0.220. The predicted molar refractivity (Wildman–Crippen MR) is 332 cm³/mol. The normalized spacial score (nSPS) is 12.4. The van der Waals surface area contributed by atoms with Crippen LogP contribution in [0.15, 0.2) is 115 Å². The number of amides is 1. The van der Waals surface area contributed by atoms with Gasteiger partial charge in [-0.25, -0.2) is 38.7 Å². The van der Waals surface area contributed by atoms with Crippen molar-refractivity contribution >= 4 is 51.7 Å². The zero-order chi connectivity index (χ0) is 61.8. The largest absolute Gasteiger partial charge is 0.493 e. The number of ether oxygens (including phenoxy) is 2. The minimum Gasteiger partial charge on any atom is -0.493 e. The molecule has 0 saturated heterocycles. The third-order valence-corrected chi connectivity index (χ3v) is 15.8. The fourth-order valence-corrected chi connectivity index (χ4v) is 11.7. The van der Waals surface area contributed by atoms with Crippen molar-refractivity contribution in [2.45, 2.75) is 67.1 Å². The Balaban J connectivity index is 0.000000123. The lowest BCUT2D eigenvalue weighted by Crippen LogP contribution is -2.18. The number of anilines is 3. The van der Waals surface area contributed by atoms with Crippen LogP contribution in [-0.2, 0) is 53.6 Å². The van der Waals surface area contributed by atoms with E-state index >= 15 is 0 Å². The summed E-state index contributed by atoms with van der Waals surface area (Å²) in [6, 6.07) is 20.1. The van der Waals surface area contributed by atoms with E-state index in [0.29, 0.717) is 59.6 Å². The first kappa shape index (κ1) is 57.1. The summed E-state index contributed by atoms with van der Waals surface area (Å²) in [6.45, 7) is 12.3. The lowest BCUT2D eigenvalue weighted by molar-refractivity contribution is 0.0958. The molecule has 0 atom stereocenters. The minimum atomic E-state index is -0.309. The average molecular weight is 1200 g/mol. The third-order valence-electron chi connectivity index (χ3n) is 15.8. The number of rotatable bonds is 13. The summed E-state index contributed by atoms with van der Waals surface area (Å²) in [6.07, 6.45) is 14.1. The molecule has 1 amide bonds. The number of imidazole rings is 3. The number of fused-ring (bicyclic) bond motifs is 6. The number of aromatic nitrogens is 15. The van der Waals surface area contributed by atoms with Gasteiger partial charge in [0.1, 0.15) is 34.4 Å². The molecule has 3 aromatic carbocycles. The van der Waals surface area contributed by atoms with E-state index in [1.54, 1.807) is 59.2 Å². The van der Waals surface area contributed by atoms with Gasteiger partial charge in [0.25, 0.3) is 5.91 Å². The van der Waals surface area contributed by atoms with Gasteiger partial charge in [-0.1, -0.05) is 12.1 Å². The zero-order valence-corrected chi connectivity index (χ0v) is 50.4. The molecule has 12 heterocycles. The van der Waals surface area contributed by atoms with E-state index in [0.717, 1.165) is 109 Å². The molecular weight excluding hydrogens is 1140 g/mol. The van der Waals surface area contributed by atoms with Crippen molar-refractivity contribution in [1.29, 1.82) is 0 Å². The number of hydrogen-bond donors (Lipinski definition) is 4. The molecule has 89 heavy (non-hydrogen) atoms. The second kappa shape index (κ2) is 23.4. The highest BCUT2D eigenvalue weighted by Gasteiger charge is 2.24. The van der Waals surface area contributed by atoms with E-state index < -0.39 is 0 Å². The number of halogens is 2. The zero-order valence-electron chi connectivity index (χ0n) is 50.4. The smallest absolute Gasteiger partial charge is 0.271 e. The fourth-order valence-electron chi connectivity index (χ4n) is 11.7. The summed E-state index contributed by atoms with van der Waals surface area (Å²) in [5.74, 6) is 2.63. The number of benzene rings is 3. The molecular formula is C64H63F2N19O4. The second-order valence-electron chi connectivity index (χ2n) is 21.9. The van der Waals surface area contributed by atoms with E-state index in [4.69, 9.17) is 23.9 Å². The van der Waals surface area contributed by atoms with Gasteiger partial charge in [-0.3, -0.25) is 32.0 Å². The average Bonchev–Trinajstić information content (AvgIpc) is 1.91. The Labute approximate surface area is 508 Å². The standard InChI is InChI=1S/C22H22FN7O2.C21H19FN6O.C21H22N6O/c1-12-8-18(29(3)28-12)15-10-26-22(30-11-17(21(31)24-2)27-20(15)30)25-9-14-13-6-7-32-19(13)5-4-16(14)23;1-12-8-18(27(3)26-12)16-10-24-21(28-11-13(2)25-20(16)28)23-9-15-14-6-7-29-19(14)5-4-17(15)22;1-13-9-18(26(3)25-13)17-11-23-21(27-12-14(2)24-20(17)27)22-10-15-5-4-6-19-16(15)7-8-28-19/h4-5,8,10-11H,6-7,9H2,1-3H3,(H,24,31)(H,25,26);4-8,10-11H,9H2,1-3H3,(H,23,24);4-6,9,11-12H,7-8,10H2,1-3H3,(H,22,23). The van der Waals surface area contributed by atoms with Crippen LogP contribution in [0.25, 0.3) is 61.7 Å². The van der Waals surface area contributed by atoms with E-state index in [1.807, 2.05) is 117 Å². The Bertz CT molecular complexity index is 4870. The third kappa shape index (κ3) is 10.9. The van der Waals surface area contributed by atoms with Crippen molar-refractivity contribution in [2.75, 3.05) is 36.2 Å². The monoisotopic (exact) mass is 1200 g/mol. The number of furan rings is 1. The predicted octanol–water partition coefficient (Wildman–Crippen LogP) is 10.0. The number of carbonyl (C=O) groups excluding carboxylic acids is 1. The van der Waals surface area contributed by atoms with E-state index in [2.05, 4.69) is 68.6 Å². The number of nitrogens with one attached hydrogen (secondary N) is 4. The van der Waals surface area contributed by atoms with Gasteiger partial charge in [-0.05, 0) is 94.8 Å². The molecule has 2 aliphatic rings. The highest BCUT2D eigenvalue weighted by Crippen LogP contribution is 2.34. The summed E-state index contributed by atoms with van der Waals surface area (Å²) >= 11 is 0. The Morgan fingerprint density at radius 3 is 1.57 bits per heavy atom. The first-order chi connectivity index (χ1) is 43.1. The highest BCUT2D eigenvalue weighted by molar-refractivity contribution is 5.94. The number of carbonyl (C=O) groups is 1. The molecule has 15 rings (SSSR count). The van der Waals surface area contributed by atoms with Gasteiger partial charge >= 0.3 is 0 Å². The molecule has 0 unspecified atom stereocenters.